The lowest BCUT2D eigenvalue weighted by molar-refractivity contribution is 0.966. The number of hydrogen-bond donors (Lipinski definition) is 2. The van der Waals surface area contributed by atoms with Crippen molar-refractivity contribution < 1.29 is 0 Å². The van der Waals surface area contributed by atoms with Crippen LogP contribution < -0.4 is 5.32 Å². The first kappa shape index (κ1) is 12.1. The van der Waals surface area contributed by atoms with Gasteiger partial charge in [-0.1, -0.05) is 0 Å². The molecule has 3 aromatic rings. The number of thiophene rings is 1. The average molecular weight is 306 g/mol. The molecule has 20 heavy (non-hydrogen) atoms. The van der Waals surface area contributed by atoms with E-state index in [2.05, 4.69) is 25.5 Å². The Morgan fingerprint density at radius 3 is 3.00 bits per heavy atom. The number of aromatic nitrogens is 4. The lowest BCUT2D eigenvalue weighted by atomic mass is 10.3. The molecule has 5 nitrogen and oxygen atoms in total. The second-order valence-electron chi connectivity index (χ2n) is 5.02. The molecular formula is C13H12ClN5S. The Kier molecular flexibility index (Phi) is 2.68. The smallest absolute Gasteiger partial charge is 0.224 e. The normalized spacial score (nSPS) is 14.9. The van der Waals surface area contributed by atoms with Crippen LogP contribution >= 0.6 is 22.9 Å². The number of fused-ring (bicyclic) bond motifs is 1. The van der Waals surface area contributed by atoms with Crippen molar-refractivity contribution in [1.29, 1.82) is 0 Å². The monoisotopic (exact) mass is 305 g/mol. The van der Waals surface area contributed by atoms with Crippen molar-refractivity contribution in [3.8, 4) is 0 Å². The van der Waals surface area contributed by atoms with Crippen LogP contribution in [0.3, 0.4) is 0 Å². The Morgan fingerprint density at radius 1 is 1.35 bits per heavy atom. The highest BCUT2D eigenvalue weighted by Crippen LogP contribution is 2.40. The summed E-state index contributed by atoms with van der Waals surface area (Å²) in [5, 5.41) is 10.8. The molecule has 7 heteroatoms. The zero-order chi connectivity index (χ0) is 13.7. The highest BCUT2D eigenvalue weighted by Gasteiger charge is 2.25. The van der Waals surface area contributed by atoms with Gasteiger partial charge in [0.2, 0.25) is 5.28 Å². The van der Waals surface area contributed by atoms with Crippen molar-refractivity contribution in [3.05, 3.63) is 28.0 Å². The summed E-state index contributed by atoms with van der Waals surface area (Å²) in [5.74, 6) is 2.14. The Morgan fingerprint density at radius 2 is 2.20 bits per heavy atom. The van der Waals surface area contributed by atoms with Crippen LogP contribution in [0.1, 0.15) is 29.3 Å². The van der Waals surface area contributed by atoms with Crippen LogP contribution in [0, 0.1) is 6.92 Å². The highest BCUT2D eigenvalue weighted by atomic mass is 35.5. The van der Waals surface area contributed by atoms with Crippen molar-refractivity contribution in [1.82, 2.24) is 20.2 Å². The van der Waals surface area contributed by atoms with E-state index in [9.17, 15) is 0 Å². The summed E-state index contributed by atoms with van der Waals surface area (Å²) in [6.07, 6.45) is 2.49. The van der Waals surface area contributed by atoms with Crippen molar-refractivity contribution >= 4 is 44.8 Å². The van der Waals surface area contributed by atoms with E-state index in [1.807, 2.05) is 19.1 Å². The number of nitrogens with zero attached hydrogens (tertiary/aromatic N) is 3. The largest absolute Gasteiger partial charge is 0.322 e. The molecule has 102 valence electrons. The topological polar surface area (TPSA) is 66.5 Å². The first-order chi connectivity index (χ1) is 9.69. The molecule has 0 saturated heterocycles. The molecule has 0 unspecified atom stereocenters. The maximum Gasteiger partial charge on any atom is 0.224 e. The van der Waals surface area contributed by atoms with Crippen LogP contribution in [-0.2, 0) is 0 Å². The van der Waals surface area contributed by atoms with E-state index in [4.69, 9.17) is 11.6 Å². The van der Waals surface area contributed by atoms with E-state index >= 15 is 0 Å². The van der Waals surface area contributed by atoms with Gasteiger partial charge in [-0.15, -0.1) is 11.3 Å². The molecule has 1 aliphatic carbocycles. The second kappa shape index (κ2) is 4.43. The number of H-pyrrole nitrogens is 1. The summed E-state index contributed by atoms with van der Waals surface area (Å²) in [5.41, 5.74) is 2.05. The van der Waals surface area contributed by atoms with Gasteiger partial charge in [-0.05, 0) is 37.4 Å². The molecule has 2 N–H and O–H groups in total. The van der Waals surface area contributed by atoms with Gasteiger partial charge < -0.3 is 5.32 Å². The summed E-state index contributed by atoms with van der Waals surface area (Å²) >= 11 is 7.63. The minimum absolute atomic E-state index is 0.246. The van der Waals surface area contributed by atoms with E-state index in [0.717, 1.165) is 16.0 Å². The van der Waals surface area contributed by atoms with Crippen LogP contribution in [-0.4, -0.2) is 20.2 Å². The molecule has 0 atom stereocenters. The minimum Gasteiger partial charge on any atom is -0.322 e. The van der Waals surface area contributed by atoms with Crippen LogP contribution in [0.15, 0.2) is 12.1 Å². The van der Waals surface area contributed by atoms with E-state index in [1.54, 1.807) is 11.3 Å². The summed E-state index contributed by atoms with van der Waals surface area (Å²) in [6, 6.07) is 4.05. The zero-order valence-electron chi connectivity index (χ0n) is 10.8. The fourth-order valence-electron chi connectivity index (χ4n) is 2.23. The molecule has 1 saturated carbocycles. The van der Waals surface area contributed by atoms with Gasteiger partial charge in [0.25, 0.3) is 0 Å². The molecule has 0 bridgehead atoms. The van der Waals surface area contributed by atoms with Crippen LogP contribution in [0.25, 0.3) is 10.2 Å². The van der Waals surface area contributed by atoms with Crippen LogP contribution in [0.2, 0.25) is 5.28 Å². The lowest BCUT2D eigenvalue weighted by Crippen LogP contribution is -1.95. The Bertz CT molecular complexity index is 789. The molecule has 4 rings (SSSR count). The third kappa shape index (κ3) is 2.14. The molecule has 0 spiro atoms. The van der Waals surface area contributed by atoms with Gasteiger partial charge in [-0.2, -0.15) is 10.1 Å². The van der Waals surface area contributed by atoms with Gasteiger partial charge in [0.05, 0.1) is 10.2 Å². The van der Waals surface area contributed by atoms with E-state index in [-0.39, 0.29) is 5.28 Å². The van der Waals surface area contributed by atoms with E-state index in [0.29, 0.717) is 11.7 Å². The van der Waals surface area contributed by atoms with Gasteiger partial charge in [0.1, 0.15) is 0 Å². The number of anilines is 2. The van der Waals surface area contributed by atoms with Crippen LogP contribution in [0.4, 0.5) is 11.6 Å². The third-order valence-corrected chi connectivity index (χ3v) is 4.54. The van der Waals surface area contributed by atoms with Gasteiger partial charge in [-0.25, -0.2) is 4.98 Å². The van der Waals surface area contributed by atoms with Crippen molar-refractivity contribution in [2.75, 3.05) is 5.32 Å². The first-order valence-electron chi connectivity index (χ1n) is 6.45. The van der Waals surface area contributed by atoms with E-state index < -0.39 is 0 Å². The number of rotatable bonds is 3. The van der Waals surface area contributed by atoms with Gasteiger partial charge in [0.15, 0.2) is 11.6 Å². The molecule has 0 amide bonds. The SMILES string of the molecule is Cc1cc2nc(Cl)nc(Nc3cc(C4CC4)[nH]n3)c2s1. The molecular weight excluding hydrogens is 294 g/mol. The predicted octanol–water partition coefficient (Wildman–Crippen LogP) is 4.00. The average Bonchev–Trinajstić information content (AvgIpc) is 3.03. The molecule has 0 aromatic carbocycles. The standard InChI is InChI=1S/C13H12ClN5S/c1-6-4-9-11(20-6)12(17-13(14)15-9)16-10-5-8(18-19-10)7-2-3-7/h4-5,7H,2-3H2,1H3,(H2,15,16,17,18,19). The fourth-order valence-corrected chi connectivity index (χ4v) is 3.30. The van der Waals surface area contributed by atoms with Crippen molar-refractivity contribution in [3.63, 3.8) is 0 Å². The Balaban J connectivity index is 1.72. The fraction of sp³-hybridized carbons (Fsp3) is 0.308. The molecule has 3 heterocycles. The number of nitrogens with one attached hydrogen (secondary N) is 2. The number of aromatic amines is 1. The predicted molar refractivity (Wildman–Crippen MR) is 81.0 cm³/mol. The molecule has 0 aliphatic heterocycles. The van der Waals surface area contributed by atoms with Gasteiger partial charge in [0, 0.05) is 22.6 Å². The quantitative estimate of drug-likeness (QED) is 0.718. The highest BCUT2D eigenvalue weighted by molar-refractivity contribution is 7.19. The van der Waals surface area contributed by atoms with Crippen molar-refractivity contribution in [2.24, 2.45) is 0 Å². The number of halogens is 1. The summed E-state index contributed by atoms with van der Waals surface area (Å²) in [7, 11) is 0. The molecule has 3 aromatic heterocycles. The maximum atomic E-state index is 5.98. The summed E-state index contributed by atoms with van der Waals surface area (Å²) in [6.45, 7) is 2.05. The maximum absolute atomic E-state index is 5.98. The number of aryl methyl sites for hydroxylation is 1. The lowest BCUT2D eigenvalue weighted by Gasteiger charge is -2.03. The molecule has 0 radical (unpaired) electrons. The van der Waals surface area contributed by atoms with Crippen molar-refractivity contribution in [2.45, 2.75) is 25.7 Å². The van der Waals surface area contributed by atoms with Crippen LogP contribution in [0.5, 0.6) is 0 Å². The first-order valence-corrected chi connectivity index (χ1v) is 7.64. The summed E-state index contributed by atoms with van der Waals surface area (Å²) < 4.78 is 1.00. The Hall–Kier alpha value is -1.66. The molecule has 1 fully saturated rings. The molecule has 1 aliphatic rings. The Labute approximate surface area is 124 Å². The third-order valence-electron chi connectivity index (χ3n) is 3.33. The van der Waals surface area contributed by atoms with Gasteiger partial charge >= 0.3 is 0 Å². The number of hydrogen-bond acceptors (Lipinski definition) is 5. The minimum atomic E-state index is 0.246. The van der Waals surface area contributed by atoms with Gasteiger partial charge in [-0.3, -0.25) is 5.10 Å². The zero-order valence-corrected chi connectivity index (χ0v) is 12.3. The second-order valence-corrected chi connectivity index (χ2v) is 6.61. The van der Waals surface area contributed by atoms with E-state index in [1.165, 1.54) is 23.4 Å². The summed E-state index contributed by atoms with van der Waals surface area (Å²) in [4.78, 5) is 9.70.